The molecule has 0 radical (unpaired) electrons. The molecular formula is C16H20N6O2. The number of rotatable bonds is 6. The molecule has 1 aliphatic carbocycles. The van der Waals surface area contributed by atoms with Crippen molar-refractivity contribution < 1.29 is 9.59 Å². The van der Waals surface area contributed by atoms with Crippen molar-refractivity contribution in [1.82, 2.24) is 25.5 Å². The molecule has 1 aliphatic rings. The van der Waals surface area contributed by atoms with Gasteiger partial charge in [-0.2, -0.15) is 0 Å². The molecule has 0 saturated heterocycles. The quantitative estimate of drug-likeness (QED) is 0.826. The summed E-state index contributed by atoms with van der Waals surface area (Å²) >= 11 is 0. The molecule has 8 nitrogen and oxygen atoms in total. The molecule has 2 N–H and O–H groups in total. The zero-order valence-electron chi connectivity index (χ0n) is 13.7. The number of tetrazole rings is 1. The number of benzene rings is 1. The summed E-state index contributed by atoms with van der Waals surface area (Å²) in [4.78, 5) is 23.7. The van der Waals surface area contributed by atoms with Crippen LogP contribution in [0.1, 0.15) is 25.3 Å². The highest BCUT2D eigenvalue weighted by atomic mass is 16.2. The maximum Gasteiger partial charge on any atom is 0.226 e. The van der Waals surface area contributed by atoms with Crippen molar-refractivity contribution in [2.75, 3.05) is 11.9 Å². The Morgan fingerprint density at radius 2 is 2.17 bits per heavy atom. The van der Waals surface area contributed by atoms with Crippen LogP contribution in [0.5, 0.6) is 0 Å². The van der Waals surface area contributed by atoms with Crippen LogP contribution in [0.3, 0.4) is 0 Å². The molecule has 0 bridgehead atoms. The normalized spacial score (nSPS) is 18.9. The molecule has 1 aromatic carbocycles. The molecule has 126 valence electrons. The summed E-state index contributed by atoms with van der Waals surface area (Å²) in [6, 6.07) is 5.53. The first-order chi connectivity index (χ1) is 11.5. The van der Waals surface area contributed by atoms with Crippen molar-refractivity contribution in [2.24, 2.45) is 11.8 Å². The Hall–Kier alpha value is -2.77. The Balaban J connectivity index is 1.53. The first-order valence-electron chi connectivity index (χ1n) is 7.96. The van der Waals surface area contributed by atoms with Crippen LogP contribution >= 0.6 is 0 Å². The number of aryl methyl sites for hydroxylation is 1. The van der Waals surface area contributed by atoms with Gasteiger partial charge in [-0.3, -0.25) is 9.59 Å². The van der Waals surface area contributed by atoms with E-state index in [2.05, 4.69) is 33.1 Å². The molecule has 0 unspecified atom stereocenters. The Bertz CT molecular complexity index is 743. The van der Waals surface area contributed by atoms with Gasteiger partial charge >= 0.3 is 0 Å². The van der Waals surface area contributed by atoms with Gasteiger partial charge in [0.15, 0.2) is 0 Å². The zero-order valence-corrected chi connectivity index (χ0v) is 13.7. The molecule has 0 spiro atoms. The van der Waals surface area contributed by atoms with Gasteiger partial charge < -0.3 is 10.6 Å². The van der Waals surface area contributed by atoms with Crippen molar-refractivity contribution in [3.63, 3.8) is 0 Å². The lowest BCUT2D eigenvalue weighted by molar-refractivity contribution is -0.122. The second-order valence-electron chi connectivity index (χ2n) is 6.16. The van der Waals surface area contributed by atoms with E-state index in [1.807, 2.05) is 25.1 Å². The molecule has 24 heavy (non-hydrogen) atoms. The van der Waals surface area contributed by atoms with Crippen LogP contribution in [0.15, 0.2) is 24.5 Å². The molecule has 0 aliphatic heterocycles. The highest BCUT2D eigenvalue weighted by molar-refractivity contribution is 5.91. The van der Waals surface area contributed by atoms with Crippen LogP contribution in [0.4, 0.5) is 5.69 Å². The molecule has 2 atom stereocenters. The van der Waals surface area contributed by atoms with Crippen LogP contribution in [0.25, 0.3) is 5.69 Å². The average Bonchev–Trinajstić information content (AvgIpc) is 3.06. The Kier molecular flexibility index (Phi) is 4.54. The second-order valence-corrected chi connectivity index (χ2v) is 6.16. The van der Waals surface area contributed by atoms with Gasteiger partial charge in [-0.05, 0) is 47.4 Å². The molecule has 2 amide bonds. The predicted octanol–water partition coefficient (Wildman–Crippen LogP) is 1.07. The third-order valence-electron chi connectivity index (χ3n) is 4.19. The van der Waals surface area contributed by atoms with E-state index < -0.39 is 0 Å². The van der Waals surface area contributed by atoms with Crippen LogP contribution < -0.4 is 10.6 Å². The summed E-state index contributed by atoms with van der Waals surface area (Å²) in [5.41, 5.74) is 2.46. The third-order valence-corrected chi connectivity index (χ3v) is 4.19. The van der Waals surface area contributed by atoms with E-state index in [9.17, 15) is 9.59 Å². The molecule has 2 aromatic rings. The smallest absolute Gasteiger partial charge is 0.226 e. The van der Waals surface area contributed by atoms with Crippen molar-refractivity contribution in [3.05, 3.63) is 30.1 Å². The maximum atomic E-state index is 12.0. The topological polar surface area (TPSA) is 102 Å². The van der Waals surface area contributed by atoms with Gasteiger partial charge in [-0.25, -0.2) is 4.68 Å². The fourth-order valence-electron chi connectivity index (χ4n) is 2.55. The Morgan fingerprint density at radius 1 is 1.38 bits per heavy atom. The lowest BCUT2D eigenvalue weighted by Crippen LogP contribution is -2.29. The zero-order chi connectivity index (χ0) is 17.1. The van der Waals surface area contributed by atoms with Gasteiger partial charge in [0, 0.05) is 24.6 Å². The van der Waals surface area contributed by atoms with Crippen LogP contribution in [-0.2, 0) is 9.59 Å². The Morgan fingerprint density at radius 3 is 2.83 bits per heavy atom. The first kappa shape index (κ1) is 16.1. The van der Waals surface area contributed by atoms with Gasteiger partial charge in [-0.15, -0.1) is 5.10 Å². The third kappa shape index (κ3) is 3.76. The lowest BCUT2D eigenvalue weighted by atomic mass is 10.2. The van der Waals surface area contributed by atoms with Crippen molar-refractivity contribution >= 4 is 17.5 Å². The number of nitrogens with zero attached hydrogens (tertiary/aromatic N) is 4. The second kappa shape index (κ2) is 6.77. The molecule has 1 saturated carbocycles. The van der Waals surface area contributed by atoms with Gasteiger partial charge in [0.2, 0.25) is 11.8 Å². The number of hydrogen-bond acceptors (Lipinski definition) is 5. The number of anilines is 1. The van der Waals surface area contributed by atoms with Gasteiger partial charge in [0.25, 0.3) is 0 Å². The van der Waals surface area contributed by atoms with Gasteiger partial charge in [0.05, 0.1) is 5.69 Å². The SMILES string of the molecule is Cc1ccc(NC(=O)CCNC(=O)[C@@H]2C[C@H]2C)cc1-n1cnnn1. The summed E-state index contributed by atoms with van der Waals surface area (Å²) in [5.74, 6) is 0.498. The fraction of sp³-hybridized carbons (Fsp3) is 0.438. The van der Waals surface area contributed by atoms with Crippen LogP contribution in [0.2, 0.25) is 0 Å². The maximum absolute atomic E-state index is 12.0. The summed E-state index contributed by atoms with van der Waals surface area (Å²) in [5, 5.41) is 16.7. The predicted molar refractivity (Wildman–Crippen MR) is 87.4 cm³/mol. The summed E-state index contributed by atoms with van der Waals surface area (Å²) in [6.07, 6.45) is 2.69. The number of nitrogens with one attached hydrogen (secondary N) is 2. The number of aromatic nitrogens is 4. The van der Waals surface area contributed by atoms with Crippen LogP contribution in [0, 0.1) is 18.8 Å². The summed E-state index contributed by atoms with van der Waals surface area (Å²) in [7, 11) is 0. The number of carbonyl (C=O) groups excluding carboxylic acids is 2. The number of hydrogen-bond donors (Lipinski definition) is 2. The van der Waals surface area contributed by atoms with E-state index in [1.54, 1.807) is 4.68 Å². The van der Waals surface area contributed by atoms with E-state index in [4.69, 9.17) is 0 Å². The standard InChI is InChI=1S/C16H20N6O2/c1-10-3-4-12(8-14(10)22-9-18-20-21-22)19-15(23)5-6-17-16(24)13-7-11(13)2/h3-4,8-9,11,13H,5-7H2,1-2H3,(H,17,24)(H,19,23)/t11-,13-/m1/s1. The molecular weight excluding hydrogens is 308 g/mol. The number of carbonyl (C=O) groups is 2. The Labute approximate surface area is 139 Å². The highest BCUT2D eigenvalue weighted by Crippen LogP contribution is 2.37. The summed E-state index contributed by atoms with van der Waals surface area (Å²) < 4.78 is 1.54. The molecule has 1 aromatic heterocycles. The molecule has 1 heterocycles. The minimum atomic E-state index is -0.148. The van der Waals surface area contributed by atoms with E-state index in [1.165, 1.54) is 6.33 Å². The van der Waals surface area contributed by atoms with Crippen molar-refractivity contribution in [3.8, 4) is 5.69 Å². The van der Waals surface area contributed by atoms with Gasteiger partial charge in [0.1, 0.15) is 6.33 Å². The molecule has 3 rings (SSSR count). The monoisotopic (exact) mass is 328 g/mol. The minimum absolute atomic E-state index is 0.0478. The molecule has 8 heteroatoms. The largest absolute Gasteiger partial charge is 0.355 e. The molecule has 1 fully saturated rings. The lowest BCUT2D eigenvalue weighted by Gasteiger charge is -2.10. The first-order valence-corrected chi connectivity index (χ1v) is 7.96. The van der Waals surface area contributed by atoms with E-state index in [0.29, 0.717) is 18.2 Å². The number of amides is 2. The van der Waals surface area contributed by atoms with Gasteiger partial charge in [-0.1, -0.05) is 13.0 Å². The van der Waals surface area contributed by atoms with Crippen molar-refractivity contribution in [2.45, 2.75) is 26.7 Å². The van der Waals surface area contributed by atoms with Crippen molar-refractivity contribution in [1.29, 1.82) is 0 Å². The fourth-order valence-corrected chi connectivity index (χ4v) is 2.55. The minimum Gasteiger partial charge on any atom is -0.355 e. The van der Waals surface area contributed by atoms with Crippen LogP contribution in [-0.4, -0.2) is 38.6 Å². The highest BCUT2D eigenvalue weighted by Gasteiger charge is 2.38. The van der Waals surface area contributed by atoms with E-state index in [-0.39, 0.29) is 24.2 Å². The van der Waals surface area contributed by atoms with E-state index >= 15 is 0 Å². The van der Waals surface area contributed by atoms with E-state index in [0.717, 1.165) is 17.7 Å². The summed E-state index contributed by atoms with van der Waals surface area (Å²) in [6.45, 7) is 4.34. The average molecular weight is 328 g/mol.